The van der Waals surface area contributed by atoms with Crippen molar-refractivity contribution in [2.24, 2.45) is 0 Å². The molecule has 3 aromatic rings. The van der Waals surface area contributed by atoms with Crippen LogP contribution in [0.2, 0.25) is 5.02 Å². The summed E-state index contributed by atoms with van der Waals surface area (Å²) >= 11 is 6.02. The van der Waals surface area contributed by atoms with Crippen molar-refractivity contribution in [3.05, 3.63) is 59.9 Å². The van der Waals surface area contributed by atoms with Gasteiger partial charge in [0.15, 0.2) is 5.82 Å². The summed E-state index contributed by atoms with van der Waals surface area (Å²) in [7, 11) is 0. The highest BCUT2D eigenvalue weighted by Gasteiger charge is 2.28. The third kappa shape index (κ3) is 3.67. The maximum atomic E-state index is 12.5. The highest BCUT2D eigenvalue weighted by Crippen LogP contribution is 2.28. The van der Waals surface area contributed by atoms with E-state index in [2.05, 4.69) is 15.3 Å². The van der Waals surface area contributed by atoms with Crippen LogP contribution in [0.25, 0.3) is 22.6 Å². The lowest BCUT2D eigenvalue weighted by Gasteiger charge is -2.33. The van der Waals surface area contributed by atoms with Gasteiger partial charge in [-0.15, -0.1) is 0 Å². The number of hydrogen-bond donors (Lipinski definition) is 1. The van der Waals surface area contributed by atoms with Gasteiger partial charge in [0.05, 0.1) is 12.2 Å². The fourth-order valence-electron chi connectivity index (χ4n) is 3.11. The topological polar surface area (TPSA) is 71.0 Å². The third-order valence-corrected chi connectivity index (χ3v) is 4.70. The molecule has 0 spiro atoms. The number of rotatable bonds is 3. The first-order chi connectivity index (χ1) is 13.1. The second-order valence-corrected chi connectivity index (χ2v) is 6.86. The van der Waals surface area contributed by atoms with E-state index in [0.717, 1.165) is 16.8 Å². The van der Waals surface area contributed by atoms with Crippen molar-refractivity contribution >= 4 is 23.3 Å². The van der Waals surface area contributed by atoms with Crippen LogP contribution in [-0.4, -0.2) is 40.0 Å². The second kappa shape index (κ2) is 7.42. The first-order valence-corrected chi connectivity index (χ1v) is 9.08. The Morgan fingerprint density at radius 3 is 2.67 bits per heavy atom. The van der Waals surface area contributed by atoms with Gasteiger partial charge >= 0.3 is 0 Å². The maximum absolute atomic E-state index is 12.5. The molecule has 7 heteroatoms. The quantitative estimate of drug-likeness (QED) is 0.756. The fourth-order valence-corrected chi connectivity index (χ4v) is 3.24. The highest BCUT2D eigenvalue weighted by molar-refractivity contribution is 6.30. The van der Waals surface area contributed by atoms with Crippen molar-refractivity contribution in [3.63, 3.8) is 0 Å². The molecule has 27 heavy (non-hydrogen) atoms. The van der Waals surface area contributed by atoms with E-state index in [-0.39, 0.29) is 11.9 Å². The molecule has 1 aromatic carbocycles. The van der Waals surface area contributed by atoms with Crippen LogP contribution in [0, 0.1) is 0 Å². The molecule has 0 aliphatic carbocycles. The first kappa shape index (κ1) is 17.6. The summed E-state index contributed by atoms with van der Waals surface area (Å²) in [6, 6.07) is 13.0. The van der Waals surface area contributed by atoms with E-state index in [1.807, 2.05) is 49.4 Å². The van der Waals surface area contributed by atoms with Crippen LogP contribution in [0.1, 0.15) is 6.92 Å². The number of nitrogens with one attached hydrogen (secondary N) is 1. The van der Waals surface area contributed by atoms with Gasteiger partial charge in [-0.3, -0.25) is 14.7 Å². The molecule has 0 bridgehead atoms. The zero-order chi connectivity index (χ0) is 18.8. The summed E-state index contributed by atoms with van der Waals surface area (Å²) < 4.78 is 0. The molecule has 136 valence electrons. The van der Waals surface area contributed by atoms with Gasteiger partial charge in [0.2, 0.25) is 5.91 Å². The Balaban J connectivity index is 1.86. The molecule has 4 rings (SSSR count). The number of piperazine rings is 1. The Labute approximate surface area is 162 Å². The van der Waals surface area contributed by atoms with Crippen molar-refractivity contribution in [1.82, 2.24) is 20.3 Å². The van der Waals surface area contributed by atoms with Crippen LogP contribution < -0.4 is 10.2 Å². The highest BCUT2D eigenvalue weighted by atomic mass is 35.5. The number of amides is 1. The maximum Gasteiger partial charge on any atom is 0.242 e. The molecule has 2 aromatic heterocycles. The Hall–Kier alpha value is -2.83. The van der Waals surface area contributed by atoms with Crippen LogP contribution in [0.3, 0.4) is 0 Å². The number of pyridine rings is 1. The Bertz CT molecular complexity index is 962. The molecular formula is C20H18ClN5O. The molecule has 1 atom stereocenters. The van der Waals surface area contributed by atoms with Crippen LogP contribution >= 0.6 is 11.6 Å². The molecule has 1 saturated heterocycles. The number of anilines is 1. The molecule has 1 aliphatic rings. The number of nitrogens with zero attached hydrogens (tertiary/aromatic N) is 4. The second-order valence-electron chi connectivity index (χ2n) is 6.43. The van der Waals surface area contributed by atoms with Crippen molar-refractivity contribution in [2.75, 3.05) is 18.0 Å². The lowest BCUT2D eigenvalue weighted by Crippen LogP contribution is -2.54. The lowest BCUT2D eigenvalue weighted by molar-refractivity contribution is -0.119. The van der Waals surface area contributed by atoms with Gasteiger partial charge in [0.1, 0.15) is 5.82 Å². The van der Waals surface area contributed by atoms with E-state index in [9.17, 15) is 4.79 Å². The van der Waals surface area contributed by atoms with Crippen LogP contribution in [-0.2, 0) is 4.79 Å². The van der Waals surface area contributed by atoms with E-state index >= 15 is 0 Å². The Kier molecular flexibility index (Phi) is 4.83. The molecule has 1 amide bonds. The Morgan fingerprint density at radius 2 is 1.96 bits per heavy atom. The minimum absolute atomic E-state index is 0.000895. The predicted molar refractivity (Wildman–Crippen MR) is 106 cm³/mol. The van der Waals surface area contributed by atoms with Gasteiger partial charge in [-0.05, 0) is 31.2 Å². The third-order valence-electron chi connectivity index (χ3n) is 4.44. The molecule has 0 radical (unpaired) electrons. The zero-order valence-electron chi connectivity index (χ0n) is 14.8. The largest absolute Gasteiger partial charge is 0.306 e. The standard InChI is InChI=1S/C20H18ClN5O/c1-13-10-23-12-19(27)26(13)18-9-17(14-4-6-16(21)7-5-14)24-20(25-18)15-3-2-8-22-11-15/h2-9,11,13,23H,10,12H2,1H3. The van der Waals surface area contributed by atoms with Gasteiger partial charge in [-0.2, -0.15) is 0 Å². The van der Waals surface area contributed by atoms with Gasteiger partial charge in [0, 0.05) is 47.2 Å². The summed E-state index contributed by atoms with van der Waals surface area (Å²) in [5.41, 5.74) is 2.43. The minimum atomic E-state index is -0.00774. The zero-order valence-corrected chi connectivity index (χ0v) is 15.5. The number of aromatic nitrogens is 3. The molecule has 1 N–H and O–H groups in total. The minimum Gasteiger partial charge on any atom is -0.306 e. The summed E-state index contributed by atoms with van der Waals surface area (Å²) in [6.07, 6.45) is 3.42. The number of benzene rings is 1. The van der Waals surface area contributed by atoms with Gasteiger partial charge < -0.3 is 5.32 Å². The van der Waals surface area contributed by atoms with Gasteiger partial charge in [-0.1, -0.05) is 23.7 Å². The van der Waals surface area contributed by atoms with Crippen molar-refractivity contribution in [2.45, 2.75) is 13.0 Å². The van der Waals surface area contributed by atoms with E-state index in [4.69, 9.17) is 16.6 Å². The van der Waals surface area contributed by atoms with E-state index in [1.54, 1.807) is 17.3 Å². The predicted octanol–water partition coefficient (Wildman–Crippen LogP) is 3.18. The molecule has 1 fully saturated rings. The van der Waals surface area contributed by atoms with E-state index in [1.165, 1.54) is 0 Å². The molecule has 3 heterocycles. The average Bonchev–Trinajstić information content (AvgIpc) is 2.69. The molecule has 0 saturated carbocycles. The molecule has 1 aliphatic heterocycles. The first-order valence-electron chi connectivity index (χ1n) is 8.70. The summed E-state index contributed by atoms with van der Waals surface area (Å²) in [5.74, 6) is 1.11. The average molecular weight is 380 g/mol. The van der Waals surface area contributed by atoms with Crippen LogP contribution in [0.15, 0.2) is 54.9 Å². The van der Waals surface area contributed by atoms with Crippen LogP contribution in [0.5, 0.6) is 0 Å². The van der Waals surface area contributed by atoms with Crippen molar-refractivity contribution < 1.29 is 4.79 Å². The van der Waals surface area contributed by atoms with Gasteiger partial charge in [-0.25, -0.2) is 9.97 Å². The number of carbonyl (C=O) groups excluding carboxylic acids is 1. The summed E-state index contributed by atoms with van der Waals surface area (Å²) in [5, 5.41) is 3.78. The monoisotopic (exact) mass is 379 g/mol. The normalized spacial score (nSPS) is 17.2. The SMILES string of the molecule is CC1CNCC(=O)N1c1cc(-c2ccc(Cl)cc2)nc(-c2cccnc2)n1. The van der Waals surface area contributed by atoms with Crippen molar-refractivity contribution in [1.29, 1.82) is 0 Å². The van der Waals surface area contributed by atoms with Crippen LogP contribution in [0.4, 0.5) is 5.82 Å². The smallest absolute Gasteiger partial charge is 0.242 e. The van der Waals surface area contributed by atoms with Crippen molar-refractivity contribution in [3.8, 4) is 22.6 Å². The Morgan fingerprint density at radius 1 is 1.15 bits per heavy atom. The summed E-state index contributed by atoms with van der Waals surface area (Å²) in [6.45, 7) is 3.01. The van der Waals surface area contributed by atoms with Gasteiger partial charge in [0.25, 0.3) is 0 Å². The number of halogens is 1. The fraction of sp³-hybridized carbons (Fsp3) is 0.200. The molecular weight excluding hydrogens is 362 g/mol. The number of hydrogen-bond acceptors (Lipinski definition) is 5. The summed E-state index contributed by atoms with van der Waals surface area (Å²) in [4.78, 5) is 27.8. The molecule has 6 nitrogen and oxygen atoms in total. The van der Waals surface area contributed by atoms with E-state index in [0.29, 0.717) is 29.8 Å². The number of carbonyl (C=O) groups is 1. The van der Waals surface area contributed by atoms with E-state index < -0.39 is 0 Å². The lowest BCUT2D eigenvalue weighted by atomic mass is 10.1. The molecule has 1 unspecified atom stereocenters.